The molecule has 0 aromatic carbocycles. The number of aliphatic carboxylic acids is 1. The molecule has 6 heteroatoms. The highest BCUT2D eigenvalue weighted by Gasteiger charge is 2.31. The summed E-state index contributed by atoms with van der Waals surface area (Å²) in [5.41, 5.74) is -0.563. The van der Waals surface area contributed by atoms with Gasteiger partial charge in [-0.05, 0) is 40.0 Å². The Labute approximate surface area is 112 Å². The van der Waals surface area contributed by atoms with E-state index < -0.39 is 29.8 Å². The number of amides is 1. The number of hydrogen-bond donors (Lipinski definition) is 1. The molecule has 0 saturated carbocycles. The van der Waals surface area contributed by atoms with E-state index in [2.05, 4.69) is 0 Å². The number of carboxylic acid groups (broad SMARTS) is 1. The second-order valence-corrected chi connectivity index (χ2v) is 5.90. The molecule has 1 saturated heterocycles. The minimum absolute atomic E-state index is 0.341. The Kier molecular flexibility index (Phi) is 5.14. The molecule has 0 bridgehead atoms. The van der Waals surface area contributed by atoms with Gasteiger partial charge in [-0.3, -0.25) is 0 Å². The number of hydrogen-bond acceptors (Lipinski definition) is 3. The lowest BCUT2D eigenvalue weighted by Gasteiger charge is -2.26. The van der Waals surface area contributed by atoms with Crippen molar-refractivity contribution in [1.29, 1.82) is 0 Å². The molecule has 110 valence electrons. The van der Waals surface area contributed by atoms with E-state index in [0.29, 0.717) is 32.4 Å². The van der Waals surface area contributed by atoms with E-state index in [-0.39, 0.29) is 0 Å². The Hall–Kier alpha value is -1.33. The van der Waals surface area contributed by atoms with Crippen LogP contribution in [-0.2, 0) is 9.53 Å². The molecule has 0 spiro atoms. The molecule has 1 aliphatic rings. The molecular weight excluding hydrogens is 253 g/mol. The molecule has 0 radical (unpaired) electrons. The summed E-state index contributed by atoms with van der Waals surface area (Å²) in [4.78, 5) is 24.0. The molecule has 1 N–H and O–H groups in total. The highest BCUT2D eigenvalue weighted by molar-refractivity contribution is 5.72. The zero-order valence-corrected chi connectivity index (χ0v) is 11.7. The van der Waals surface area contributed by atoms with Crippen molar-refractivity contribution < 1.29 is 23.8 Å². The molecule has 1 heterocycles. The normalized spacial score (nSPS) is 22.5. The van der Waals surface area contributed by atoms with Crippen molar-refractivity contribution in [2.45, 2.75) is 51.8 Å². The summed E-state index contributed by atoms with van der Waals surface area (Å²) in [7, 11) is 0. The van der Waals surface area contributed by atoms with Gasteiger partial charge in [0.25, 0.3) is 0 Å². The third-order valence-electron chi connectivity index (χ3n) is 3.07. The summed E-state index contributed by atoms with van der Waals surface area (Å²) in [6.45, 7) is 6.18. The summed E-state index contributed by atoms with van der Waals surface area (Å²) < 4.78 is 18.7. The molecule has 0 aromatic heterocycles. The van der Waals surface area contributed by atoms with Gasteiger partial charge in [0.1, 0.15) is 5.60 Å². The van der Waals surface area contributed by atoms with E-state index in [1.54, 1.807) is 20.8 Å². The predicted molar refractivity (Wildman–Crippen MR) is 67.7 cm³/mol. The highest BCUT2D eigenvalue weighted by Crippen LogP contribution is 2.24. The predicted octanol–water partition coefficient (Wildman–Crippen LogP) is 2.45. The summed E-state index contributed by atoms with van der Waals surface area (Å²) in [5.74, 6) is -1.94. The Morgan fingerprint density at radius 1 is 1.32 bits per heavy atom. The largest absolute Gasteiger partial charge is 0.479 e. The monoisotopic (exact) mass is 275 g/mol. The molecule has 2 unspecified atom stereocenters. The summed E-state index contributed by atoms with van der Waals surface area (Å²) in [6.07, 6.45) is -0.839. The van der Waals surface area contributed by atoms with E-state index in [0.717, 1.165) is 0 Å². The Balaban J connectivity index is 2.54. The van der Waals surface area contributed by atoms with Gasteiger partial charge in [0.2, 0.25) is 0 Å². The maximum atomic E-state index is 13.5. The van der Waals surface area contributed by atoms with Crippen LogP contribution in [0.3, 0.4) is 0 Å². The first-order valence-electron chi connectivity index (χ1n) is 6.55. The molecule has 5 nitrogen and oxygen atoms in total. The van der Waals surface area contributed by atoms with Gasteiger partial charge in [-0.1, -0.05) is 0 Å². The number of carboxylic acids is 1. The van der Waals surface area contributed by atoms with Crippen LogP contribution in [-0.4, -0.2) is 46.9 Å². The summed E-state index contributed by atoms with van der Waals surface area (Å²) in [5, 5.41) is 8.67. The highest BCUT2D eigenvalue weighted by atomic mass is 19.1. The number of ether oxygens (including phenoxy) is 1. The number of rotatable bonds is 2. The van der Waals surface area contributed by atoms with Gasteiger partial charge >= 0.3 is 12.1 Å². The van der Waals surface area contributed by atoms with Crippen molar-refractivity contribution in [2.24, 2.45) is 5.92 Å². The third kappa shape index (κ3) is 5.04. The van der Waals surface area contributed by atoms with Gasteiger partial charge in [0, 0.05) is 19.0 Å². The van der Waals surface area contributed by atoms with Crippen LogP contribution in [0.25, 0.3) is 0 Å². The lowest BCUT2D eigenvalue weighted by molar-refractivity contribution is -0.145. The van der Waals surface area contributed by atoms with Gasteiger partial charge in [-0.15, -0.1) is 0 Å². The van der Waals surface area contributed by atoms with Gasteiger partial charge in [0.15, 0.2) is 6.17 Å². The van der Waals surface area contributed by atoms with E-state index in [9.17, 15) is 14.0 Å². The fourth-order valence-corrected chi connectivity index (χ4v) is 2.13. The van der Waals surface area contributed by atoms with Crippen molar-refractivity contribution in [3.05, 3.63) is 0 Å². The standard InChI is InChI=1S/C13H22FNO4/c1-13(2,3)19-12(18)15-7-4-5-9(6-8-15)10(14)11(16)17/h9-10H,4-8H2,1-3H3,(H,16,17). The van der Waals surface area contributed by atoms with Gasteiger partial charge in [-0.25, -0.2) is 14.0 Å². The number of carbonyl (C=O) groups is 2. The minimum Gasteiger partial charge on any atom is -0.479 e. The van der Waals surface area contributed by atoms with Gasteiger partial charge in [-0.2, -0.15) is 0 Å². The van der Waals surface area contributed by atoms with Crippen molar-refractivity contribution in [3.63, 3.8) is 0 Å². The van der Waals surface area contributed by atoms with Gasteiger partial charge < -0.3 is 14.7 Å². The first-order chi connectivity index (χ1) is 8.70. The van der Waals surface area contributed by atoms with E-state index in [1.165, 1.54) is 4.90 Å². The molecule has 1 amide bonds. The second kappa shape index (κ2) is 6.21. The molecule has 19 heavy (non-hydrogen) atoms. The average Bonchev–Trinajstić information content (AvgIpc) is 2.50. The molecule has 1 aliphatic heterocycles. The fourth-order valence-electron chi connectivity index (χ4n) is 2.13. The molecule has 0 aromatic rings. The topological polar surface area (TPSA) is 66.8 Å². The van der Waals surface area contributed by atoms with Crippen LogP contribution < -0.4 is 0 Å². The van der Waals surface area contributed by atoms with Crippen LogP contribution >= 0.6 is 0 Å². The zero-order valence-electron chi connectivity index (χ0n) is 11.7. The van der Waals surface area contributed by atoms with Crippen molar-refractivity contribution in [3.8, 4) is 0 Å². The average molecular weight is 275 g/mol. The van der Waals surface area contributed by atoms with Crippen LogP contribution in [0.5, 0.6) is 0 Å². The molecular formula is C13H22FNO4. The van der Waals surface area contributed by atoms with Crippen molar-refractivity contribution in [2.75, 3.05) is 13.1 Å². The van der Waals surface area contributed by atoms with Crippen LogP contribution in [0.15, 0.2) is 0 Å². The molecule has 2 atom stereocenters. The first-order valence-corrected chi connectivity index (χ1v) is 6.55. The molecule has 1 fully saturated rings. The third-order valence-corrected chi connectivity index (χ3v) is 3.07. The Bertz CT molecular complexity index is 340. The van der Waals surface area contributed by atoms with Crippen LogP contribution in [0.2, 0.25) is 0 Å². The quantitative estimate of drug-likeness (QED) is 0.840. The number of halogens is 1. The molecule has 1 rings (SSSR count). The van der Waals surface area contributed by atoms with E-state index >= 15 is 0 Å². The van der Waals surface area contributed by atoms with Crippen LogP contribution in [0.4, 0.5) is 9.18 Å². The lowest BCUT2D eigenvalue weighted by atomic mass is 9.95. The summed E-state index contributed by atoms with van der Waals surface area (Å²) in [6, 6.07) is 0. The fraction of sp³-hybridized carbons (Fsp3) is 0.846. The first kappa shape index (κ1) is 15.7. The number of likely N-dealkylation sites (tertiary alicyclic amines) is 1. The minimum atomic E-state index is -1.85. The van der Waals surface area contributed by atoms with Crippen LogP contribution in [0, 0.1) is 5.92 Å². The second-order valence-electron chi connectivity index (χ2n) is 5.90. The smallest absolute Gasteiger partial charge is 0.410 e. The van der Waals surface area contributed by atoms with E-state index in [1.807, 2.05) is 0 Å². The maximum Gasteiger partial charge on any atom is 0.410 e. The Morgan fingerprint density at radius 2 is 1.95 bits per heavy atom. The summed E-state index contributed by atoms with van der Waals surface area (Å²) >= 11 is 0. The lowest BCUT2D eigenvalue weighted by Crippen LogP contribution is -2.37. The maximum absolute atomic E-state index is 13.5. The van der Waals surface area contributed by atoms with E-state index in [4.69, 9.17) is 9.84 Å². The SMILES string of the molecule is CC(C)(C)OC(=O)N1CCCC(C(F)C(=O)O)CC1. The number of alkyl halides is 1. The van der Waals surface area contributed by atoms with Crippen molar-refractivity contribution in [1.82, 2.24) is 4.90 Å². The van der Waals surface area contributed by atoms with Gasteiger partial charge in [0.05, 0.1) is 0 Å². The molecule has 0 aliphatic carbocycles. The number of carbonyl (C=O) groups excluding carboxylic acids is 1. The number of nitrogens with zero attached hydrogens (tertiary/aromatic N) is 1. The van der Waals surface area contributed by atoms with Crippen LogP contribution in [0.1, 0.15) is 40.0 Å². The van der Waals surface area contributed by atoms with Crippen molar-refractivity contribution >= 4 is 12.1 Å². The zero-order chi connectivity index (χ0) is 14.6. The Morgan fingerprint density at radius 3 is 2.47 bits per heavy atom.